The second-order valence-electron chi connectivity index (χ2n) is 7.90. The van der Waals surface area contributed by atoms with E-state index in [4.69, 9.17) is 25.0 Å². The third-order valence-corrected chi connectivity index (χ3v) is 10.4. The number of fused-ring (bicyclic) bond motifs is 1. The van der Waals surface area contributed by atoms with Crippen LogP contribution < -0.4 is 9.88 Å². The van der Waals surface area contributed by atoms with Gasteiger partial charge in [0.2, 0.25) is 10.0 Å². The summed E-state index contributed by atoms with van der Waals surface area (Å²) in [7, 11) is -6.73. The van der Waals surface area contributed by atoms with Crippen LogP contribution in [0.5, 0.6) is 5.75 Å². The number of hydrogen-bond acceptors (Lipinski definition) is 12. The molecule has 0 saturated heterocycles. The minimum absolute atomic E-state index is 0.101. The Balaban J connectivity index is 1.90. The van der Waals surface area contributed by atoms with E-state index < -0.39 is 37.6 Å². The molecule has 0 aliphatic carbocycles. The monoisotopic (exact) mass is 580 g/mol. The van der Waals surface area contributed by atoms with Crippen molar-refractivity contribution >= 4 is 37.5 Å². The number of sulfonamides is 2. The molecule has 0 bridgehead atoms. The van der Waals surface area contributed by atoms with Gasteiger partial charge in [0.15, 0.2) is 0 Å². The van der Waals surface area contributed by atoms with Gasteiger partial charge < -0.3 is 9.47 Å². The number of nitrogens with two attached hydrogens (primary N) is 1. The first-order valence-electron chi connectivity index (χ1n) is 10.9. The van der Waals surface area contributed by atoms with Crippen LogP contribution in [0, 0.1) is 0 Å². The van der Waals surface area contributed by atoms with Gasteiger partial charge in [-0.15, -0.1) is 11.3 Å². The summed E-state index contributed by atoms with van der Waals surface area (Å²) < 4.78 is 61.7. The first-order valence-corrected chi connectivity index (χ1v) is 14.7. The van der Waals surface area contributed by atoms with Gasteiger partial charge in [0.05, 0.1) is 18.0 Å². The summed E-state index contributed by atoms with van der Waals surface area (Å²) in [5.41, 5.74) is 0.712. The molecule has 1 aromatic heterocycles. The van der Waals surface area contributed by atoms with E-state index in [-0.39, 0.29) is 46.0 Å². The first kappa shape index (κ1) is 29.4. The molecular formula is C20H28N4O10S3. The highest BCUT2D eigenvalue weighted by molar-refractivity contribution is 7.94. The molecule has 0 radical (unpaired) electrons. The van der Waals surface area contributed by atoms with Crippen molar-refractivity contribution in [2.75, 3.05) is 33.4 Å². The Labute approximate surface area is 218 Å². The van der Waals surface area contributed by atoms with Crippen LogP contribution in [0.2, 0.25) is 0 Å². The second kappa shape index (κ2) is 12.1. The average molecular weight is 581 g/mol. The molecule has 3 rings (SSSR count). The number of methoxy groups -OCH3 is 1. The number of nitrogens with zero attached hydrogens (tertiary/aromatic N) is 3. The highest BCUT2D eigenvalue weighted by Gasteiger charge is 2.43. The molecule has 37 heavy (non-hydrogen) atoms. The van der Waals surface area contributed by atoms with Gasteiger partial charge in [-0.3, -0.25) is 15.3 Å². The highest BCUT2D eigenvalue weighted by Crippen LogP contribution is 2.42. The minimum atomic E-state index is -4.19. The van der Waals surface area contributed by atoms with Crippen molar-refractivity contribution in [3.8, 4) is 5.75 Å². The van der Waals surface area contributed by atoms with Crippen LogP contribution in [0.1, 0.15) is 30.5 Å². The van der Waals surface area contributed by atoms with Gasteiger partial charge in [-0.05, 0) is 37.1 Å². The topological polar surface area (TPSA) is 189 Å². The largest absolute Gasteiger partial charge is 0.415 e. The van der Waals surface area contributed by atoms with Gasteiger partial charge in [0, 0.05) is 38.9 Å². The summed E-state index contributed by atoms with van der Waals surface area (Å²) in [6, 6.07) is 6.39. The molecule has 206 valence electrons. The number of rotatable bonds is 11. The second-order valence-corrected chi connectivity index (χ2v) is 12.9. The molecule has 0 spiro atoms. The molecule has 0 unspecified atom stereocenters. The number of hydrogen-bond donors (Lipinski definition) is 3. The lowest BCUT2D eigenvalue weighted by molar-refractivity contribution is -0.497. The van der Waals surface area contributed by atoms with Crippen LogP contribution in [0.25, 0.3) is 0 Å². The quantitative estimate of drug-likeness (QED) is 0.258. The van der Waals surface area contributed by atoms with Crippen LogP contribution in [0.4, 0.5) is 4.79 Å². The third-order valence-electron chi connectivity index (χ3n) is 5.48. The average Bonchev–Trinajstić information content (AvgIpc) is 3.29. The van der Waals surface area contributed by atoms with Gasteiger partial charge in [0.1, 0.15) is 14.2 Å². The van der Waals surface area contributed by atoms with E-state index in [0.717, 1.165) is 0 Å². The minimum Gasteiger partial charge on any atom is -0.410 e. The molecule has 1 aromatic carbocycles. The summed E-state index contributed by atoms with van der Waals surface area (Å²) in [5, 5.41) is 22.1. The van der Waals surface area contributed by atoms with E-state index in [1.165, 1.54) is 34.5 Å². The third kappa shape index (κ3) is 7.02. The maximum absolute atomic E-state index is 13.3. The summed E-state index contributed by atoms with van der Waals surface area (Å²) in [6.45, 7) is 1.96. The van der Waals surface area contributed by atoms with Crippen molar-refractivity contribution in [3.63, 3.8) is 0 Å². The first-order chi connectivity index (χ1) is 17.4. The van der Waals surface area contributed by atoms with Crippen molar-refractivity contribution in [3.05, 3.63) is 41.5 Å². The summed E-state index contributed by atoms with van der Waals surface area (Å²) >= 11 is 0.544. The summed E-state index contributed by atoms with van der Waals surface area (Å²) in [4.78, 5) is 19.0. The van der Waals surface area contributed by atoms with Crippen molar-refractivity contribution in [1.82, 2.24) is 14.6 Å². The van der Waals surface area contributed by atoms with Crippen molar-refractivity contribution in [1.29, 1.82) is 0 Å². The fraction of sp³-hybridized carbons (Fsp3) is 0.450. The predicted molar refractivity (Wildman–Crippen MR) is 129 cm³/mol. The standard InChI is InChI=1S/C20H28N4O10S3/c1-3-23(20(25)34-15-7-5-14(6-8-15)13-33-24(26)27)17-12-22(9-4-10-32-2)37(30,31)19-16(17)11-18(35-19)36(21,28)29/h5-8,11,17,26-27H,3-4,9-10,12-13H2,1-2H3,(H2,21,28,29)/t17-/m0/s1. The summed E-state index contributed by atoms with van der Waals surface area (Å²) in [6.07, 6.45) is -0.388. The van der Waals surface area contributed by atoms with E-state index in [9.17, 15) is 21.6 Å². The van der Waals surface area contributed by atoms with Gasteiger partial charge in [0.25, 0.3) is 10.0 Å². The Kier molecular flexibility index (Phi) is 9.62. The van der Waals surface area contributed by atoms with Crippen LogP contribution in [0.3, 0.4) is 0 Å². The fourth-order valence-electron chi connectivity index (χ4n) is 3.73. The van der Waals surface area contributed by atoms with Gasteiger partial charge >= 0.3 is 6.09 Å². The van der Waals surface area contributed by atoms with Gasteiger partial charge in [-0.2, -0.15) is 4.31 Å². The zero-order valence-electron chi connectivity index (χ0n) is 20.0. The van der Waals surface area contributed by atoms with Crippen LogP contribution in [-0.2, 0) is 36.2 Å². The Bertz CT molecular complexity index is 1300. The molecule has 0 saturated carbocycles. The zero-order chi connectivity index (χ0) is 27.4. The maximum Gasteiger partial charge on any atom is 0.415 e. The van der Waals surface area contributed by atoms with Crippen LogP contribution >= 0.6 is 11.3 Å². The Morgan fingerprint density at radius 1 is 1.27 bits per heavy atom. The predicted octanol–water partition coefficient (Wildman–Crippen LogP) is 1.51. The summed E-state index contributed by atoms with van der Waals surface area (Å²) in [5.74, 6) is 0.174. The van der Waals surface area contributed by atoms with Crippen LogP contribution in [0.15, 0.2) is 38.8 Å². The Hall–Kier alpha value is -2.19. The number of ether oxygens (including phenoxy) is 2. The van der Waals surface area contributed by atoms with Crippen molar-refractivity contribution in [2.24, 2.45) is 5.14 Å². The van der Waals surface area contributed by atoms with Crippen molar-refractivity contribution < 1.29 is 46.4 Å². The molecule has 1 aliphatic heterocycles. The van der Waals surface area contributed by atoms with E-state index in [2.05, 4.69) is 4.84 Å². The molecule has 2 aromatic rings. The van der Waals surface area contributed by atoms with E-state index in [0.29, 0.717) is 29.9 Å². The number of carbonyl (C=O) groups is 1. The smallest absolute Gasteiger partial charge is 0.410 e. The fourth-order valence-corrected chi connectivity index (χ4v) is 8.02. The van der Waals surface area contributed by atoms with E-state index >= 15 is 0 Å². The lowest BCUT2D eigenvalue weighted by Crippen LogP contribution is -2.47. The molecule has 1 atom stereocenters. The van der Waals surface area contributed by atoms with Gasteiger partial charge in [-0.25, -0.2) is 31.6 Å². The zero-order valence-corrected chi connectivity index (χ0v) is 22.5. The number of primary sulfonamides is 1. The van der Waals surface area contributed by atoms with E-state index in [1.54, 1.807) is 19.1 Å². The molecule has 4 N–H and O–H groups in total. The van der Waals surface area contributed by atoms with Gasteiger partial charge in [-0.1, -0.05) is 12.1 Å². The van der Waals surface area contributed by atoms with Crippen LogP contribution in [-0.4, -0.2) is 81.3 Å². The molecule has 14 nitrogen and oxygen atoms in total. The molecule has 2 heterocycles. The SMILES string of the molecule is CCN(C(=O)Oc1ccc(CON(O)O)cc1)[C@H]1CN(CCCOC)S(=O)(=O)c2sc(S(N)(=O)=O)cc21. The number of amides is 1. The lowest BCUT2D eigenvalue weighted by atomic mass is 10.1. The molecular weight excluding hydrogens is 552 g/mol. The molecule has 17 heteroatoms. The molecule has 1 amide bonds. The molecule has 0 fully saturated rings. The number of thiophene rings is 1. The number of likely N-dealkylation sites (N-methyl/N-ethyl adjacent to an activating group) is 1. The maximum atomic E-state index is 13.3. The number of benzene rings is 1. The molecule has 1 aliphatic rings. The lowest BCUT2D eigenvalue weighted by Gasteiger charge is -2.37. The normalized spacial score (nSPS) is 17.5. The Morgan fingerprint density at radius 2 is 1.95 bits per heavy atom. The highest BCUT2D eigenvalue weighted by atomic mass is 32.3. The van der Waals surface area contributed by atoms with Crippen molar-refractivity contribution in [2.45, 2.75) is 34.4 Å². The van der Waals surface area contributed by atoms with E-state index in [1.807, 2.05) is 0 Å². The Morgan fingerprint density at radius 3 is 2.51 bits per heavy atom. The number of carbonyl (C=O) groups excluding carboxylic acids is 1.